The molecule has 0 aliphatic carbocycles. The summed E-state index contributed by atoms with van der Waals surface area (Å²) < 4.78 is 23.9. The summed E-state index contributed by atoms with van der Waals surface area (Å²) in [4.78, 5) is 13.4. The lowest BCUT2D eigenvalue weighted by Crippen LogP contribution is -2.42. The second-order valence-electron chi connectivity index (χ2n) is 4.76. The van der Waals surface area contributed by atoms with Crippen LogP contribution in [0.4, 0.5) is 4.39 Å². The van der Waals surface area contributed by atoms with E-state index in [0.29, 0.717) is 24.2 Å². The van der Waals surface area contributed by atoms with Gasteiger partial charge in [0.2, 0.25) is 0 Å². The highest BCUT2D eigenvalue weighted by molar-refractivity contribution is 9.10. The Kier molecular flexibility index (Phi) is 5.51. The number of nitrogens with zero attached hydrogens (tertiary/aromatic N) is 1. The number of benzene rings is 1. The third-order valence-electron chi connectivity index (χ3n) is 3.24. The van der Waals surface area contributed by atoms with Gasteiger partial charge in [0, 0.05) is 19.6 Å². The lowest BCUT2D eigenvalue weighted by Gasteiger charge is -2.32. The highest BCUT2D eigenvalue weighted by Crippen LogP contribution is 2.19. The van der Waals surface area contributed by atoms with Gasteiger partial charge in [-0.3, -0.25) is 9.69 Å². The van der Waals surface area contributed by atoms with Gasteiger partial charge < -0.3 is 9.47 Å². The topological polar surface area (TPSA) is 38.8 Å². The van der Waals surface area contributed by atoms with E-state index in [9.17, 15) is 9.18 Å². The molecule has 1 aliphatic heterocycles. The molecule has 0 aromatic heterocycles. The number of hydrogen-bond donors (Lipinski definition) is 0. The number of methoxy groups -OCH3 is 1. The van der Waals surface area contributed by atoms with Crippen LogP contribution in [0.3, 0.4) is 0 Å². The summed E-state index contributed by atoms with van der Waals surface area (Å²) in [6, 6.07) is 5.00. The molecule has 1 fully saturated rings. The van der Waals surface area contributed by atoms with E-state index in [0.717, 1.165) is 12.1 Å². The molecule has 4 nitrogen and oxygen atoms in total. The maximum Gasteiger partial charge on any atom is 0.308 e. The van der Waals surface area contributed by atoms with Crippen LogP contribution in [0, 0.1) is 5.82 Å². The Hall–Kier alpha value is -0.980. The van der Waals surface area contributed by atoms with Gasteiger partial charge in [0.1, 0.15) is 5.82 Å². The first-order valence-electron chi connectivity index (χ1n) is 6.43. The molecule has 0 bridgehead atoms. The van der Waals surface area contributed by atoms with Crippen molar-refractivity contribution in [2.45, 2.75) is 19.1 Å². The van der Waals surface area contributed by atoms with Gasteiger partial charge in [-0.15, -0.1) is 0 Å². The van der Waals surface area contributed by atoms with Crippen molar-refractivity contribution in [3.8, 4) is 0 Å². The average molecular weight is 346 g/mol. The van der Waals surface area contributed by atoms with E-state index in [4.69, 9.17) is 4.74 Å². The SMILES string of the molecule is COC(=O)CC1CN(Cc2ccc(F)c(Br)c2)CCO1. The summed E-state index contributed by atoms with van der Waals surface area (Å²) in [5, 5.41) is 0. The number of rotatable bonds is 4. The van der Waals surface area contributed by atoms with Crippen LogP contribution in [-0.4, -0.2) is 43.8 Å². The van der Waals surface area contributed by atoms with Gasteiger partial charge in [-0.1, -0.05) is 6.07 Å². The standard InChI is InChI=1S/C14H17BrFNO3/c1-19-14(18)7-11-9-17(4-5-20-11)8-10-2-3-13(16)12(15)6-10/h2-3,6,11H,4-5,7-9H2,1H3. The van der Waals surface area contributed by atoms with Crippen molar-refractivity contribution in [1.82, 2.24) is 4.90 Å². The van der Waals surface area contributed by atoms with Gasteiger partial charge in [-0.05, 0) is 33.6 Å². The second kappa shape index (κ2) is 7.15. The summed E-state index contributed by atoms with van der Waals surface area (Å²) in [6.07, 6.45) is 0.125. The molecule has 1 saturated heterocycles. The fourth-order valence-electron chi connectivity index (χ4n) is 2.21. The normalized spacial score (nSPS) is 19.9. The first kappa shape index (κ1) is 15.4. The Morgan fingerprint density at radius 2 is 2.40 bits per heavy atom. The van der Waals surface area contributed by atoms with Crippen LogP contribution >= 0.6 is 15.9 Å². The number of esters is 1. The number of carbonyl (C=O) groups excluding carboxylic acids is 1. The monoisotopic (exact) mass is 345 g/mol. The van der Waals surface area contributed by atoms with Crippen molar-refractivity contribution < 1.29 is 18.7 Å². The summed E-state index contributed by atoms with van der Waals surface area (Å²) in [5.41, 5.74) is 1.02. The smallest absolute Gasteiger partial charge is 0.308 e. The Bertz CT molecular complexity index is 483. The van der Waals surface area contributed by atoms with E-state index in [1.54, 1.807) is 12.1 Å². The van der Waals surface area contributed by atoms with Crippen LogP contribution < -0.4 is 0 Å². The number of morpholine rings is 1. The van der Waals surface area contributed by atoms with Gasteiger partial charge in [-0.25, -0.2) is 4.39 Å². The molecule has 0 radical (unpaired) electrons. The highest BCUT2D eigenvalue weighted by atomic mass is 79.9. The van der Waals surface area contributed by atoms with Crippen molar-refractivity contribution in [2.24, 2.45) is 0 Å². The first-order chi connectivity index (χ1) is 9.58. The van der Waals surface area contributed by atoms with Gasteiger partial charge in [0.15, 0.2) is 0 Å². The maximum atomic E-state index is 13.2. The molecule has 1 heterocycles. The van der Waals surface area contributed by atoms with E-state index in [1.165, 1.54) is 13.2 Å². The molecule has 0 amide bonds. The van der Waals surface area contributed by atoms with Crippen LogP contribution in [0.1, 0.15) is 12.0 Å². The number of hydrogen-bond acceptors (Lipinski definition) is 4. The fourth-order valence-corrected chi connectivity index (χ4v) is 2.64. The molecule has 1 atom stereocenters. The van der Waals surface area contributed by atoms with Crippen LogP contribution in [0.2, 0.25) is 0 Å². The average Bonchev–Trinajstić information content (AvgIpc) is 2.43. The lowest BCUT2D eigenvalue weighted by atomic mass is 10.1. The minimum Gasteiger partial charge on any atom is -0.469 e. The Morgan fingerprint density at radius 3 is 3.10 bits per heavy atom. The molecule has 1 aliphatic rings. The molecule has 1 aromatic rings. The van der Waals surface area contributed by atoms with Crippen molar-refractivity contribution in [2.75, 3.05) is 26.8 Å². The minimum absolute atomic E-state index is 0.139. The Balaban J connectivity index is 1.92. The van der Waals surface area contributed by atoms with Crippen LogP contribution in [0.25, 0.3) is 0 Å². The predicted molar refractivity (Wildman–Crippen MR) is 75.8 cm³/mol. The molecular weight excluding hydrogens is 329 g/mol. The molecule has 1 aromatic carbocycles. The number of carbonyl (C=O) groups is 1. The summed E-state index contributed by atoms with van der Waals surface area (Å²) >= 11 is 3.19. The van der Waals surface area contributed by atoms with Crippen molar-refractivity contribution in [1.29, 1.82) is 0 Å². The van der Waals surface area contributed by atoms with Crippen molar-refractivity contribution in [3.63, 3.8) is 0 Å². The summed E-state index contributed by atoms with van der Waals surface area (Å²) in [7, 11) is 1.37. The molecule has 0 N–H and O–H groups in total. The van der Waals surface area contributed by atoms with E-state index in [1.807, 2.05) is 0 Å². The minimum atomic E-state index is -0.265. The number of halogens is 2. The third-order valence-corrected chi connectivity index (χ3v) is 3.84. The summed E-state index contributed by atoms with van der Waals surface area (Å²) in [6.45, 7) is 2.76. The Labute approximate surface area is 126 Å². The van der Waals surface area contributed by atoms with Crippen molar-refractivity contribution in [3.05, 3.63) is 34.1 Å². The van der Waals surface area contributed by atoms with E-state index in [2.05, 4.69) is 25.6 Å². The van der Waals surface area contributed by atoms with E-state index in [-0.39, 0.29) is 24.3 Å². The van der Waals surface area contributed by atoms with Crippen LogP contribution in [0.15, 0.2) is 22.7 Å². The molecule has 110 valence electrons. The van der Waals surface area contributed by atoms with Gasteiger partial charge >= 0.3 is 5.97 Å². The molecule has 0 spiro atoms. The second-order valence-corrected chi connectivity index (χ2v) is 5.61. The molecular formula is C14H17BrFNO3. The number of ether oxygens (including phenoxy) is 2. The zero-order valence-corrected chi connectivity index (χ0v) is 12.9. The van der Waals surface area contributed by atoms with Crippen LogP contribution in [0.5, 0.6) is 0 Å². The van der Waals surface area contributed by atoms with Crippen LogP contribution in [-0.2, 0) is 20.8 Å². The zero-order chi connectivity index (χ0) is 14.5. The Morgan fingerprint density at radius 1 is 1.60 bits per heavy atom. The maximum absolute atomic E-state index is 13.2. The molecule has 0 saturated carbocycles. The first-order valence-corrected chi connectivity index (χ1v) is 7.22. The quantitative estimate of drug-likeness (QED) is 0.785. The molecule has 2 rings (SSSR count). The van der Waals surface area contributed by atoms with Crippen molar-refractivity contribution >= 4 is 21.9 Å². The lowest BCUT2D eigenvalue weighted by molar-refractivity contribution is -0.145. The van der Waals surface area contributed by atoms with E-state index < -0.39 is 0 Å². The third kappa shape index (κ3) is 4.26. The fraction of sp³-hybridized carbons (Fsp3) is 0.500. The summed E-state index contributed by atoms with van der Waals surface area (Å²) in [5.74, 6) is -0.527. The molecule has 6 heteroatoms. The van der Waals surface area contributed by atoms with E-state index >= 15 is 0 Å². The highest BCUT2D eigenvalue weighted by Gasteiger charge is 2.23. The van der Waals surface area contributed by atoms with Gasteiger partial charge in [0.25, 0.3) is 0 Å². The zero-order valence-electron chi connectivity index (χ0n) is 11.3. The predicted octanol–water partition coefficient (Wildman–Crippen LogP) is 2.35. The molecule has 1 unspecified atom stereocenters. The van der Waals surface area contributed by atoms with Gasteiger partial charge in [0.05, 0.1) is 30.7 Å². The van der Waals surface area contributed by atoms with Gasteiger partial charge in [-0.2, -0.15) is 0 Å². The molecule has 20 heavy (non-hydrogen) atoms. The largest absolute Gasteiger partial charge is 0.469 e.